The van der Waals surface area contributed by atoms with Crippen LogP contribution < -0.4 is 0 Å². The highest BCUT2D eigenvalue weighted by atomic mass is 79.9. The molecule has 2 aromatic rings. The van der Waals surface area contributed by atoms with Crippen molar-refractivity contribution in [3.8, 4) is 0 Å². The van der Waals surface area contributed by atoms with Crippen molar-refractivity contribution in [2.24, 2.45) is 0 Å². The highest BCUT2D eigenvalue weighted by Gasteiger charge is 2.04. The van der Waals surface area contributed by atoms with E-state index in [2.05, 4.69) is 44.0 Å². The van der Waals surface area contributed by atoms with Gasteiger partial charge in [-0.15, -0.1) is 0 Å². The first-order chi connectivity index (χ1) is 8.19. The van der Waals surface area contributed by atoms with Gasteiger partial charge >= 0.3 is 0 Å². The second-order valence-electron chi connectivity index (χ2n) is 3.47. The van der Waals surface area contributed by atoms with E-state index in [0.717, 1.165) is 24.3 Å². The van der Waals surface area contributed by atoms with Gasteiger partial charge in [-0.2, -0.15) is 0 Å². The van der Waals surface area contributed by atoms with E-state index in [9.17, 15) is 5.11 Å². The van der Waals surface area contributed by atoms with Gasteiger partial charge in [0, 0.05) is 18.7 Å². The van der Waals surface area contributed by atoms with Crippen molar-refractivity contribution in [1.29, 1.82) is 0 Å². The largest absolute Gasteiger partial charge is 0.392 e. The topological polar surface area (TPSA) is 20.2 Å². The van der Waals surface area contributed by atoms with Crippen LogP contribution in [0, 0.1) is 0 Å². The molecule has 1 nitrogen and oxygen atoms in total. The van der Waals surface area contributed by atoms with Crippen molar-refractivity contribution >= 4 is 43.6 Å². The molecule has 0 spiro atoms. The molecular formula is C13H10Br2OS. The zero-order valence-corrected chi connectivity index (χ0v) is 12.8. The van der Waals surface area contributed by atoms with Crippen LogP contribution in [-0.4, -0.2) is 5.11 Å². The third-order valence-electron chi connectivity index (χ3n) is 2.22. The van der Waals surface area contributed by atoms with Gasteiger partial charge in [0.2, 0.25) is 0 Å². The Hall–Kier alpha value is -0.290. The average Bonchev–Trinajstić information content (AvgIpc) is 2.31. The van der Waals surface area contributed by atoms with Crippen LogP contribution in [0.5, 0.6) is 0 Å². The third-order valence-corrected chi connectivity index (χ3v) is 4.31. The molecule has 2 aromatic carbocycles. The summed E-state index contributed by atoms with van der Waals surface area (Å²) in [5.41, 5.74) is 0.935. The Kier molecular flexibility index (Phi) is 4.68. The second kappa shape index (κ2) is 6.05. The van der Waals surface area contributed by atoms with Gasteiger partial charge in [-0.3, -0.25) is 0 Å². The summed E-state index contributed by atoms with van der Waals surface area (Å²) < 4.78 is 2.05. The number of hydrogen-bond donors (Lipinski definition) is 1. The molecular weight excluding hydrogens is 364 g/mol. The molecule has 0 aliphatic heterocycles. The molecule has 0 saturated heterocycles. The summed E-state index contributed by atoms with van der Waals surface area (Å²) in [4.78, 5) is 2.23. The van der Waals surface area contributed by atoms with Crippen molar-refractivity contribution in [2.75, 3.05) is 0 Å². The Morgan fingerprint density at radius 2 is 1.76 bits per heavy atom. The first-order valence-corrected chi connectivity index (χ1v) is 7.42. The Balaban J connectivity index is 2.29. The SMILES string of the molecule is OCc1cc(Br)ccc1Sc1cccc(Br)c1. The highest BCUT2D eigenvalue weighted by molar-refractivity contribution is 9.10. The molecule has 2 rings (SSSR count). The number of hydrogen-bond acceptors (Lipinski definition) is 2. The Bertz CT molecular complexity index is 529. The predicted octanol–water partition coefficient (Wildman–Crippen LogP) is 4.86. The van der Waals surface area contributed by atoms with E-state index in [1.54, 1.807) is 11.8 Å². The molecule has 0 unspecified atom stereocenters. The fraction of sp³-hybridized carbons (Fsp3) is 0.0769. The van der Waals surface area contributed by atoms with Crippen LogP contribution in [0.3, 0.4) is 0 Å². The quantitative estimate of drug-likeness (QED) is 0.829. The summed E-state index contributed by atoms with van der Waals surface area (Å²) in [7, 11) is 0. The maximum absolute atomic E-state index is 9.33. The minimum Gasteiger partial charge on any atom is -0.392 e. The van der Waals surface area contributed by atoms with Gasteiger partial charge < -0.3 is 5.11 Å². The summed E-state index contributed by atoms with van der Waals surface area (Å²) in [6.45, 7) is 0.0514. The molecule has 0 radical (unpaired) electrons. The van der Waals surface area contributed by atoms with Crippen LogP contribution in [-0.2, 0) is 6.61 Å². The van der Waals surface area contributed by atoms with Crippen LogP contribution in [0.1, 0.15) is 5.56 Å². The zero-order valence-electron chi connectivity index (χ0n) is 8.86. The van der Waals surface area contributed by atoms with Crippen molar-refractivity contribution in [1.82, 2.24) is 0 Å². The van der Waals surface area contributed by atoms with E-state index in [4.69, 9.17) is 0 Å². The first kappa shape index (κ1) is 13.1. The molecule has 0 saturated carbocycles. The smallest absolute Gasteiger partial charge is 0.0693 e. The first-order valence-electron chi connectivity index (χ1n) is 5.02. The molecule has 0 bridgehead atoms. The Morgan fingerprint density at radius 3 is 2.47 bits per heavy atom. The normalized spacial score (nSPS) is 10.5. The maximum Gasteiger partial charge on any atom is 0.0693 e. The summed E-state index contributed by atoms with van der Waals surface area (Å²) in [5.74, 6) is 0. The van der Waals surface area contributed by atoms with Crippen LogP contribution in [0.2, 0.25) is 0 Å². The van der Waals surface area contributed by atoms with Crippen LogP contribution >= 0.6 is 43.6 Å². The molecule has 0 aliphatic carbocycles. The molecule has 88 valence electrons. The lowest BCUT2D eigenvalue weighted by molar-refractivity contribution is 0.279. The fourth-order valence-electron chi connectivity index (χ4n) is 1.43. The van der Waals surface area contributed by atoms with Gasteiger partial charge in [-0.1, -0.05) is 49.7 Å². The van der Waals surface area contributed by atoms with E-state index in [1.165, 1.54) is 0 Å². The average molecular weight is 374 g/mol. The molecule has 1 N–H and O–H groups in total. The van der Waals surface area contributed by atoms with Crippen molar-refractivity contribution in [2.45, 2.75) is 16.4 Å². The van der Waals surface area contributed by atoms with E-state index < -0.39 is 0 Å². The molecule has 0 aliphatic rings. The van der Waals surface area contributed by atoms with Crippen LogP contribution in [0.15, 0.2) is 61.2 Å². The lowest BCUT2D eigenvalue weighted by Crippen LogP contribution is -1.87. The fourth-order valence-corrected chi connectivity index (χ4v) is 3.36. The van der Waals surface area contributed by atoms with Crippen molar-refractivity contribution in [3.05, 3.63) is 57.0 Å². The lowest BCUT2D eigenvalue weighted by Gasteiger charge is -2.07. The number of rotatable bonds is 3. The van der Waals surface area contributed by atoms with Gasteiger partial charge in [-0.25, -0.2) is 0 Å². The zero-order chi connectivity index (χ0) is 12.3. The second-order valence-corrected chi connectivity index (χ2v) is 6.42. The molecule has 17 heavy (non-hydrogen) atoms. The van der Waals surface area contributed by atoms with Crippen LogP contribution in [0.4, 0.5) is 0 Å². The Labute approximate surface area is 122 Å². The molecule has 0 aromatic heterocycles. The van der Waals surface area contributed by atoms with Crippen molar-refractivity contribution < 1.29 is 5.11 Å². The minimum absolute atomic E-state index is 0.0514. The minimum atomic E-state index is 0.0514. The number of aliphatic hydroxyl groups excluding tert-OH is 1. The number of halogens is 2. The molecule has 0 fully saturated rings. The van der Waals surface area contributed by atoms with E-state index in [-0.39, 0.29) is 6.61 Å². The van der Waals surface area contributed by atoms with Crippen LogP contribution in [0.25, 0.3) is 0 Å². The molecule has 0 atom stereocenters. The standard InChI is InChI=1S/C13H10Br2OS/c14-10-2-1-3-12(7-10)17-13-5-4-11(15)6-9(13)8-16/h1-7,16H,8H2. The van der Waals surface area contributed by atoms with Gasteiger partial charge in [0.05, 0.1) is 6.61 Å². The molecule has 4 heteroatoms. The lowest BCUT2D eigenvalue weighted by atomic mass is 10.2. The van der Waals surface area contributed by atoms with Crippen molar-refractivity contribution in [3.63, 3.8) is 0 Å². The maximum atomic E-state index is 9.33. The summed E-state index contributed by atoms with van der Waals surface area (Å²) in [6.07, 6.45) is 0. The summed E-state index contributed by atoms with van der Waals surface area (Å²) in [6, 6.07) is 14.1. The van der Waals surface area contributed by atoms with E-state index >= 15 is 0 Å². The van der Waals surface area contributed by atoms with Gasteiger partial charge in [0.1, 0.15) is 0 Å². The number of benzene rings is 2. The predicted molar refractivity (Wildman–Crippen MR) is 78.3 cm³/mol. The molecule has 0 heterocycles. The van der Waals surface area contributed by atoms with Gasteiger partial charge in [0.15, 0.2) is 0 Å². The number of aliphatic hydroxyl groups is 1. The monoisotopic (exact) mass is 372 g/mol. The third kappa shape index (κ3) is 3.58. The highest BCUT2D eigenvalue weighted by Crippen LogP contribution is 2.33. The molecule has 0 amide bonds. The van der Waals surface area contributed by atoms with Gasteiger partial charge in [0.25, 0.3) is 0 Å². The van der Waals surface area contributed by atoms with Gasteiger partial charge in [-0.05, 0) is 42.0 Å². The Morgan fingerprint density at radius 1 is 1.00 bits per heavy atom. The van der Waals surface area contributed by atoms with E-state index in [1.807, 2.05) is 30.3 Å². The summed E-state index contributed by atoms with van der Waals surface area (Å²) >= 11 is 8.51. The summed E-state index contributed by atoms with van der Waals surface area (Å²) in [5, 5.41) is 9.33. The van der Waals surface area contributed by atoms with E-state index in [0.29, 0.717) is 0 Å².